The average molecular weight is 360 g/mol. The van der Waals surface area contributed by atoms with Crippen molar-refractivity contribution < 1.29 is 19.1 Å². The first-order chi connectivity index (χ1) is 12.0. The Morgan fingerprint density at radius 2 is 1.92 bits per heavy atom. The van der Waals surface area contributed by atoms with Gasteiger partial charge in [-0.15, -0.1) is 6.58 Å². The van der Waals surface area contributed by atoms with Crippen LogP contribution in [0.4, 0.5) is 0 Å². The van der Waals surface area contributed by atoms with Crippen molar-refractivity contribution in [3.05, 3.63) is 24.3 Å². The van der Waals surface area contributed by atoms with Crippen molar-refractivity contribution in [1.82, 2.24) is 0 Å². The van der Waals surface area contributed by atoms with Gasteiger partial charge in [0, 0.05) is 23.8 Å². The predicted molar refractivity (Wildman–Crippen MR) is 101 cm³/mol. The molecule has 0 aromatic rings. The third kappa shape index (κ3) is 2.60. The number of ether oxygens (including phenoxy) is 2. The molecule has 1 saturated heterocycles. The van der Waals surface area contributed by atoms with Crippen LogP contribution in [0.1, 0.15) is 66.7 Å². The zero-order chi connectivity index (χ0) is 19.4. The van der Waals surface area contributed by atoms with E-state index in [9.17, 15) is 9.59 Å². The molecule has 4 nitrogen and oxygen atoms in total. The van der Waals surface area contributed by atoms with E-state index in [4.69, 9.17) is 9.47 Å². The van der Waals surface area contributed by atoms with E-state index in [1.165, 1.54) is 6.92 Å². The molecule has 0 amide bonds. The van der Waals surface area contributed by atoms with E-state index < -0.39 is 17.3 Å². The molecule has 0 radical (unpaired) electrons. The van der Waals surface area contributed by atoms with E-state index in [2.05, 4.69) is 27.4 Å². The van der Waals surface area contributed by atoms with Gasteiger partial charge in [0.15, 0.2) is 0 Å². The molecule has 144 valence electrons. The van der Waals surface area contributed by atoms with Crippen molar-refractivity contribution in [2.24, 2.45) is 16.7 Å². The molecule has 1 aliphatic heterocycles. The lowest BCUT2D eigenvalue weighted by molar-refractivity contribution is -0.206. The van der Waals surface area contributed by atoms with Crippen molar-refractivity contribution in [2.45, 2.75) is 84.0 Å². The Kier molecular flexibility index (Phi) is 4.50. The summed E-state index contributed by atoms with van der Waals surface area (Å²) in [5.74, 6) is -0.206. The molecule has 1 spiro atoms. The second-order valence-electron chi connectivity index (χ2n) is 9.50. The summed E-state index contributed by atoms with van der Waals surface area (Å²) in [7, 11) is 0. The predicted octanol–water partition coefficient (Wildman–Crippen LogP) is 4.38. The van der Waals surface area contributed by atoms with E-state index in [1.54, 1.807) is 0 Å². The van der Waals surface area contributed by atoms with Gasteiger partial charge in [-0.25, -0.2) is 0 Å². The molecule has 5 atom stereocenters. The van der Waals surface area contributed by atoms with Crippen molar-refractivity contribution in [2.75, 3.05) is 0 Å². The van der Waals surface area contributed by atoms with Gasteiger partial charge in [0.1, 0.15) is 18.0 Å². The van der Waals surface area contributed by atoms with Crippen LogP contribution < -0.4 is 0 Å². The maximum Gasteiger partial charge on any atom is 0.303 e. The van der Waals surface area contributed by atoms with Crippen LogP contribution in [0.5, 0.6) is 0 Å². The molecule has 2 fully saturated rings. The monoisotopic (exact) mass is 360 g/mol. The van der Waals surface area contributed by atoms with Crippen LogP contribution in [0, 0.1) is 16.7 Å². The first-order valence-electron chi connectivity index (χ1n) is 9.72. The van der Waals surface area contributed by atoms with Gasteiger partial charge in [-0.05, 0) is 44.1 Å². The average Bonchev–Trinajstić information content (AvgIpc) is 2.90. The summed E-state index contributed by atoms with van der Waals surface area (Å²) in [6.45, 7) is 14.2. The molecular formula is C22H32O4. The summed E-state index contributed by atoms with van der Waals surface area (Å²) in [6.07, 6.45) is 8.97. The number of carbonyl (C=O) groups is 2. The van der Waals surface area contributed by atoms with Crippen LogP contribution in [0.3, 0.4) is 0 Å². The van der Waals surface area contributed by atoms with Crippen molar-refractivity contribution in [3.8, 4) is 0 Å². The lowest BCUT2D eigenvalue weighted by Gasteiger charge is -2.62. The largest absolute Gasteiger partial charge is 0.458 e. The zero-order valence-electron chi connectivity index (χ0n) is 16.8. The summed E-state index contributed by atoms with van der Waals surface area (Å²) < 4.78 is 12.4. The van der Waals surface area contributed by atoms with E-state index in [0.717, 1.165) is 38.4 Å². The van der Waals surface area contributed by atoms with Crippen molar-refractivity contribution >= 4 is 12.3 Å². The standard InChI is InChI=1S/C22H32O4/c1-7-20(5)11-12-22(26-20)16(14-23)13-17(25-15(2)24)18-19(3,4)9-8-10-21(18,22)6/h7,13-14,17-18H,1,8-12H2,2-6H3/t17-,18+,20-,21+,22-/m1/s1. The fourth-order valence-electron chi connectivity index (χ4n) is 6.18. The Morgan fingerprint density at radius 1 is 1.23 bits per heavy atom. The van der Waals surface area contributed by atoms with Crippen LogP contribution in [-0.2, 0) is 19.1 Å². The number of hydrogen-bond donors (Lipinski definition) is 0. The van der Waals surface area contributed by atoms with Gasteiger partial charge >= 0.3 is 5.97 Å². The van der Waals surface area contributed by atoms with Gasteiger partial charge in [0.25, 0.3) is 0 Å². The first kappa shape index (κ1) is 19.3. The lowest BCUT2D eigenvalue weighted by Crippen LogP contribution is -2.64. The normalized spacial score (nSPS) is 44.1. The fourth-order valence-corrected chi connectivity index (χ4v) is 6.18. The second kappa shape index (κ2) is 6.05. The molecule has 4 heteroatoms. The van der Waals surface area contributed by atoms with Crippen molar-refractivity contribution in [3.63, 3.8) is 0 Å². The van der Waals surface area contributed by atoms with E-state index in [1.807, 2.05) is 19.1 Å². The zero-order valence-corrected chi connectivity index (χ0v) is 16.8. The Bertz CT molecular complexity index is 663. The SMILES string of the molecule is C=C[C@]1(C)CC[C@@]2(O1)C(C=O)=C[C@@H](OC(C)=O)[C@H]1C(C)(C)CCC[C@@]12C. The van der Waals surface area contributed by atoms with Gasteiger partial charge in [-0.2, -0.15) is 0 Å². The van der Waals surface area contributed by atoms with Gasteiger partial charge < -0.3 is 9.47 Å². The third-order valence-electron chi connectivity index (χ3n) is 7.35. The summed E-state index contributed by atoms with van der Waals surface area (Å²) in [5.41, 5.74) is -0.740. The van der Waals surface area contributed by atoms with Gasteiger partial charge in [-0.1, -0.05) is 33.3 Å². The highest BCUT2D eigenvalue weighted by atomic mass is 16.5. The maximum absolute atomic E-state index is 12.1. The molecule has 0 N–H and O–H groups in total. The number of carbonyl (C=O) groups excluding carboxylic acids is 2. The molecular weight excluding hydrogens is 328 g/mol. The number of esters is 1. The minimum atomic E-state index is -0.642. The first-order valence-corrected chi connectivity index (χ1v) is 9.72. The Morgan fingerprint density at radius 3 is 2.46 bits per heavy atom. The highest BCUT2D eigenvalue weighted by Crippen LogP contribution is 2.66. The highest BCUT2D eigenvalue weighted by Gasteiger charge is 2.67. The molecule has 26 heavy (non-hydrogen) atoms. The molecule has 0 bridgehead atoms. The quantitative estimate of drug-likeness (QED) is 0.426. The summed E-state index contributed by atoms with van der Waals surface area (Å²) in [6, 6.07) is 0. The van der Waals surface area contributed by atoms with Gasteiger partial charge in [0.05, 0.1) is 5.60 Å². The van der Waals surface area contributed by atoms with Gasteiger partial charge in [0.2, 0.25) is 0 Å². The Hall–Kier alpha value is -1.42. The molecule has 0 aromatic carbocycles. The molecule has 3 rings (SSSR count). The fraction of sp³-hybridized carbons (Fsp3) is 0.727. The van der Waals surface area contributed by atoms with Gasteiger partial charge in [-0.3, -0.25) is 9.59 Å². The maximum atomic E-state index is 12.1. The number of fused-ring (bicyclic) bond motifs is 2. The summed E-state index contributed by atoms with van der Waals surface area (Å²) >= 11 is 0. The lowest BCUT2D eigenvalue weighted by atomic mass is 9.46. The van der Waals surface area contributed by atoms with E-state index >= 15 is 0 Å². The van der Waals surface area contributed by atoms with Crippen LogP contribution >= 0.6 is 0 Å². The Balaban J connectivity index is 2.20. The third-order valence-corrected chi connectivity index (χ3v) is 7.35. The topological polar surface area (TPSA) is 52.6 Å². The minimum absolute atomic E-state index is 0.0123. The number of rotatable bonds is 3. The number of aldehydes is 1. The second-order valence-corrected chi connectivity index (χ2v) is 9.50. The molecule has 1 heterocycles. The van der Waals surface area contributed by atoms with Crippen LogP contribution in [0.15, 0.2) is 24.3 Å². The van der Waals surface area contributed by atoms with Crippen LogP contribution in [0.2, 0.25) is 0 Å². The van der Waals surface area contributed by atoms with Crippen LogP contribution in [0.25, 0.3) is 0 Å². The number of hydrogen-bond acceptors (Lipinski definition) is 4. The molecule has 0 aromatic heterocycles. The molecule has 2 aliphatic carbocycles. The van der Waals surface area contributed by atoms with Crippen LogP contribution in [-0.4, -0.2) is 29.6 Å². The van der Waals surface area contributed by atoms with Crippen molar-refractivity contribution in [1.29, 1.82) is 0 Å². The van der Waals surface area contributed by atoms with E-state index in [-0.39, 0.29) is 22.7 Å². The Labute approximate surface area is 157 Å². The highest BCUT2D eigenvalue weighted by molar-refractivity contribution is 5.78. The van der Waals surface area contributed by atoms with E-state index in [0.29, 0.717) is 5.57 Å². The smallest absolute Gasteiger partial charge is 0.303 e. The minimum Gasteiger partial charge on any atom is -0.458 e. The summed E-state index contributed by atoms with van der Waals surface area (Å²) in [4.78, 5) is 23.9. The molecule has 3 aliphatic rings. The summed E-state index contributed by atoms with van der Waals surface area (Å²) in [5, 5.41) is 0. The molecule has 0 unspecified atom stereocenters. The molecule has 1 saturated carbocycles.